The van der Waals surface area contributed by atoms with Gasteiger partial charge in [0.15, 0.2) is 0 Å². The van der Waals surface area contributed by atoms with Crippen molar-refractivity contribution in [2.45, 2.75) is 25.7 Å². The van der Waals surface area contributed by atoms with Crippen LogP contribution in [-0.4, -0.2) is 29.0 Å². The van der Waals surface area contributed by atoms with E-state index in [2.05, 4.69) is 20.2 Å². The first-order valence-corrected chi connectivity index (χ1v) is 8.75. The van der Waals surface area contributed by atoms with E-state index in [-0.39, 0.29) is 10.9 Å². The second-order valence-corrected chi connectivity index (χ2v) is 6.62. The van der Waals surface area contributed by atoms with Gasteiger partial charge in [0.1, 0.15) is 11.6 Å². The maximum Gasteiger partial charge on any atom is 0.224 e. The zero-order valence-corrected chi connectivity index (χ0v) is 14.5. The second kappa shape index (κ2) is 8.25. The number of amides is 1. The number of halogens is 2. The van der Waals surface area contributed by atoms with Gasteiger partial charge in [0.05, 0.1) is 11.2 Å². The van der Waals surface area contributed by atoms with Crippen LogP contribution in [0.25, 0.3) is 0 Å². The standard InChI is InChI=1S/C18H20ClFN4O/c19-15-11-14(2-3-16(15)20)23-18(25)4-1-13-5-9-24(10-6-13)17-12-21-7-8-22-17/h2-3,7-8,11-13H,1,4-6,9-10H2,(H,23,25). The summed E-state index contributed by atoms with van der Waals surface area (Å²) < 4.78 is 13.1. The first-order valence-electron chi connectivity index (χ1n) is 8.37. The van der Waals surface area contributed by atoms with Crippen LogP contribution in [0.2, 0.25) is 5.02 Å². The van der Waals surface area contributed by atoms with Gasteiger partial charge in [-0.25, -0.2) is 9.37 Å². The number of hydrogen-bond donors (Lipinski definition) is 1. The van der Waals surface area contributed by atoms with Crippen molar-refractivity contribution in [1.82, 2.24) is 9.97 Å². The molecule has 0 bridgehead atoms. The Labute approximate surface area is 151 Å². The van der Waals surface area contributed by atoms with Crippen LogP contribution in [0, 0.1) is 11.7 Å². The average Bonchev–Trinajstić information content (AvgIpc) is 2.64. The molecule has 132 valence electrons. The van der Waals surface area contributed by atoms with Gasteiger partial charge in [-0.15, -0.1) is 0 Å². The molecule has 1 saturated heterocycles. The van der Waals surface area contributed by atoms with Crippen molar-refractivity contribution in [1.29, 1.82) is 0 Å². The third-order valence-corrected chi connectivity index (χ3v) is 4.76. The van der Waals surface area contributed by atoms with Crippen LogP contribution in [0.4, 0.5) is 15.9 Å². The number of carbonyl (C=O) groups excluding carboxylic acids is 1. The molecule has 1 aliphatic heterocycles. The highest BCUT2D eigenvalue weighted by Crippen LogP contribution is 2.25. The Kier molecular flexibility index (Phi) is 5.81. The van der Waals surface area contributed by atoms with E-state index in [0.29, 0.717) is 18.0 Å². The van der Waals surface area contributed by atoms with Gasteiger partial charge in [0.2, 0.25) is 5.91 Å². The Morgan fingerprint density at radius 3 is 2.80 bits per heavy atom. The fraction of sp³-hybridized carbons (Fsp3) is 0.389. The van der Waals surface area contributed by atoms with Crippen molar-refractivity contribution in [3.05, 3.63) is 47.6 Å². The van der Waals surface area contributed by atoms with E-state index in [1.165, 1.54) is 18.2 Å². The Hall–Kier alpha value is -2.21. The molecule has 5 nitrogen and oxygen atoms in total. The van der Waals surface area contributed by atoms with Gasteiger partial charge >= 0.3 is 0 Å². The summed E-state index contributed by atoms with van der Waals surface area (Å²) in [5, 5.41) is 2.77. The summed E-state index contributed by atoms with van der Waals surface area (Å²) in [5.41, 5.74) is 0.522. The van der Waals surface area contributed by atoms with Gasteiger partial charge in [0.25, 0.3) is 0 Å². The number of nitrogens with one attached hydrogen (secondary N) is 1. The first kappa shape index (κ1) is 17.6. The normalized spacial score (nSPS) is 15.2. The number of piperidine rings is 1. The van der Waals surface area contributed by atoms with E-state index in [1.807, 2.05) is 0 Å². The van der Waals surface area contributed by atoms with Crippen LogP contribution in [0.1, 0.15) is 25.7 Å². The van der Waals surface area contributed by atoms with E-state index in [9.17, 15) is 9.18 Å². The maximum absolute atomic E-state index is 13.1. The lowest BCUT2D eigenvalue weighted by atomic mass is 9.92. The zero-order valence-electron chi connectivity index (χ0n) is 13.8. The number of benzene rings is 1. The molecule has 7 heteroatoms. The number of anilines is 2. The zero-order chi connectivity index (χ0) is 17.6. The summed E-state index contributed by atoms with van der Waals surface area (Å²) in [4.78, 5) is 22.7. The fourth-order valence-corrected chi connectivity index (χ4v) is 3.22. The van der Waals surface area contributed by atoms with Crippen molar-refractivity contribution >= 4 is 29.0 Å². The molecule has 3 rings (SSSR count). The lowest BCUT2D eigenvalue weighted by Crippen LogP contribution is -2.34. The SMILES string of the molecule is O=C(CCC1CCN(c2cnccn2)CC1)Nc1ccc(F)c(Cl)c1. The van der Waals surface area contributed by atoms with E-state index >= 15 is 0 Å². The summed E-state index contributed by atoms with van der Waals surface area (Å²) in [6, 6.07) is 4.19. The van der Waals surface area contributed by atoms with Crippen LogP contribution in [0.5, 0.6) is 0 Å². The molecule has 1 N–H and O–H groups in total. The molecule has 25 heavy (non-hydrogen) atoms. The molecule has 0 atom stereocenters. The van der Waals surface area contributed by atoms with Gasteiger partial charge in [-0.3, -0.25) is 9.78 Å². The summed E-state index contributed by atoms with van der Waals surface area (Å²) >= 11 is 5.72. The summed E-state index contributed by atoms with van der Waals surface area (Å²) in [6.07, 6.45) is 8.51. The highest BCUT2D eigenvalue weighted by atomic mass is 35.5. The maximum atomic E-state index is 13.1. The smallest absolute Gasteiger partial charge is 0.224 e. The van der Waals surface area contributed by atoms with E-state index in [1.54, 1.807) is 18.6 Å². The number of aromatic nitrogens is 2. The van der Waals surface area contributed by atoms with E-state index in [4.69, 9.17) is 11.6 Å². The summed E-state index contributed by atoms with van der Waals surface area (Å²) in [7, 11) is 0. The molecule has 1 aromatic heterocycles. The van der Waals surface area contributed by atoms with Crippen LogP contribution < -0.4 is 10.2 Å². The topological polar surface area (TPSA) is 58.1 Å². The first-order chi connectivity index (χ1) is 12.1. The van der Waals surface area contributed by atoms with Crippen LogP contribution in [-0.2, 0) is 4.79 Å². The third kappa shape index (κ3) is 4.89. The van der Waals surface area contributed by atoms with Crippen molar-refractivity contribution in [2.75, 3.05) is 23.3 Å². The van der Waals surface area contributed by atoms with E-state index in [0.717, 1.165) is 38.2 Å². The van der Waals surface area contributed by atoms with Crippen LogP contribution >= 0.6 is 11.6 Å². The monoisotopic (exact) mass is 362 g/mol. The molecule has 1 amide bonds. The van der Waals surface area contributed by atoms with Crippen molar-refractivity contribution < 1.29 is 9.18 Å². The Morgan fingerprint density at radius 2 is 2.12 bits per heavy atom. The lowest BCUT2D eigenvalue weighted by molar-refractivity contribution is -0.116. The van der Waals surface area contributed by atoms with Gasteiger partial charge in [0, 0.05) is 37.6 Å². The number of carbonyl (C=O) groups is 1. The Morgan fingerprint density at radius 1 is 1.32 bits per heavy atom. The summed E-state index contributed by atoms with van der Waals surface area (Å²) in [5.74, 6) is 0.871. The minimum atomic E-state index is -0.491. The second-order valence-electron chi connectivity index (χ2n) is 6.21. The molecule has 0 aliphatic carbocycles. The van der Waals surface area contributed by atoms with Crippen molar-refractivity contribution in [3.8, 4) is 0 Å². The number of rotatable bonds is 5. The van der Waals surface area contributed by atoms with Gasteiger partial charge < -0.3 is 10.2 Å². The average molecular weight is 363 g/mol. The van der Waals surface area contributed by atoms with Gasteiger partial charge in [-0.1, -0.05) is 11.6 Å². The third-order valence-electron chi connectivity index (χ3n) is 4.47. The highest BCUT2D eigenvalue weighted by molar-refractivity contribution is 6.31. The Bertz CT molecular complexity index is 720. The van der Waals surface area contributed by atoms with Crippen molar-refractivity contribution in [3.63, 3.8) is 0 Å². The molecule has 1 aliphatic rings. The Balaban J connectivity index is 1.42. The largest absolute Gasteiger partial charge is 0.355 e. The molecule has 2 aromatic rings. The highest BCUT2D eigenvalue weighted by Gasteiger charge is 2.21. The van der Waals surface area contributed by atoms with Crippen LogP contribution in [0.15, 0.2) is 36.8 Å². The molecular weight excluding hydrogens is 343 g/mol. The molecule has 0 radical (unpaired) electrons. The van der Waals surface area contributed by atoms with Crippen molar-refractivity contribution in [2.24, 2.45) is 5.92 Å². The molecule has 0 unspecified atom stereocenters. The fourth-order valence-electron chi connectivity index (χ4n) is 3.04. The van der Waals surface area contributed by atoms with Gasteiger partial charge in [-0.2, -0.15) is 0 Å². The summed E-state index contributed by atoms with van der Waals surface area (Å²) in [6.45, 7) is 1.86. The quantitative estimate of drug-likeness (QED) is 0.876. The molecule has 2 heterocycles. The van der Waals surface area contributed by atoms with Gasteiger partial charge in [-0.05, 0) is 43.4 Å². The molecule has 0 saturated carbocycles. The molecule has 1 aromatic carbocycles. The predicted octanol–water partition coefficient (Wildman–Crippen LogP) is 3.90. The van der Waals surface area contributed by atoms with E-state index < -0.39 is 5.82 Å². The molecule has 0 spiro atoms. The van der Waals surface area contributed by atoms with Crippen LogP contribution in [0.3, 0.4) is 0 Å². The number of nitrogens with zero attached hydrogens (tertiary/aromatic N) is 3. The predicted molar refractivity (Wildman–Crippen MR) is 96.2 cm³/mol. The molecular formula is C18H20ClFN4O. The lowest BCUT2D eigenvalue weighted by Gasteiger charge is -2.32. The minimum Gasteiger partial charge on any atom is -0.355 e. The molecule has 1 fully saturated rings. The minimum absolute atomic E-state index is 0.00850. The number of hydrogen-bond acceptors (Lipinski definition) is 4.